The van der Waals surface area contributed by atoms with E-state index in [-0.39, 0.29) is 0 Å². The Morgan fingerprint density at radius 1 is 0.926 bits per heavy atom. The number of nitrogens with one attached hydrogen (secondary N) is 3. The van der Waals surface area contributed by atoms with Gasteiger partial charge in [-0.1, -0.05) is 31.0 Å². The maximum absolute atomic E-state index is 5.22. The molecule has 0 unspecified atom stereocenters. The van der Waals surface area contributed by atoms with E-state index in [9.17, 15) is 0 Å². The molecule has 4 rings (SSSR count). The molecule has 0 radical (unpaired) electrons. The van der Waals surface area contributed by atoms with Crippen LogP contribution in [0.3, 0.4) is 0 Å². The lowest BCUT2D eigenvalue weighted by Crippen LogP contribution is -2.40. The fourth-order valence-electron chi connectivity index (χ4n) is 3.64. The normalized spacial score (nSPS) is 16.7. The molecule has 2 aromatic carbocycles. The zero-order valence-electron chi connectivity index (χ0n) is 15.9. The summed E-state index contributed by atoms with van der Waals surface area (Å²) in [5.41, 5.74) is 13.2. The molecule has 142 valence electrons. The van der Waals surface area contributed by atoms with Crippen molar-refractivity contribution in [2.24, 2.45) is 0 Å². The number of allylic oxidation sites excluding steroid dienone is 2. The van der Waals surface area contributed by atoms with Gasteiger partial charge in [-0.3, -0.25) is 10.9 Å². The molecule has 0 bridgehead atoms. The number of hydrogen-bond donors (Lipinski definition) is 3. The maximum Gasteiger partial charge on any atom is 0.118 e. The van der Waals surface area contributed by atoms with Crippen LogP contribution in [0, 0.1) is 0 Å². The van der Waals surface area contributed by atoms with Gasteiger partial charge in [-0.2, -0.15) is 5.12 Å². The summed E-state index contributed by atoms with van der Waals surface area (Å²) in [5.74, 6) is 0.884. The van der Waals surface area contributed by atoms with Gasteiger partial charge in [0, 0.05) is 12.2 Å². The first-order chi connectivity index (χ1) is 13.3. The van der Waals surface area contributed by atoms with Gasteiger partial charge in [0.2, 0.25) is 0 Å². The van der Waals surface area contributed by atoms with Crippen LogP contribution in [-0.2, 0) is 6.54 Å². The number of benzene rings is 2. The average Bonchev–Trinajstić information content (AvgIpc) is 3.09. The van der Waals surface area contributed by atoms with E-state index in [0.29, 0.717) is 0 Å². The van der Waals surface area contributed by atoms with Crippen LogP contribution in [0.15, 0.2) is 59.9 Å². The van der Waals surface area contributed by atoms with Crippen LogP contribution in [0.25, 0.3) is 0 Å². The van der Waals surface area contributed by atoms with Gasteiger partial charge < -0.3 is 10.1 Å². The molecule has 0 saturated heterocycles. The number of methoxy groups -OCH3 is 1. The number of anilines is 2. The molecule has 27 heavy (non-hydrogen) atoms. The van der Waals surface area contributed by atoms with Crippen molar-refractivity contribution in [1.29, 1.82) is 0 Å². The zero-order valence-corrected chi connectivity index (χ0v) is 15.9. The smallest absolute Gasteiger partial charge is 0.118 e. The molecule has 3 N–H and O–H groups in total. The molecule has 0 fully saturated rings. The Morgan fingerprint density at radius 2 is 1.63 bits per heavy atom. The van der Waals surface area contributed by atoms with E-state index >= 15 is 0 Å². The van der Waals surface area contributed by atoms with Crippen LogP contribution >= 0.6 is 0 Å². The van der Waals surface area contributed by atoms with Crippen molar-refractivity contribution in [3.05, 3.63) is 65.5 Å². The number of ether oxygens (including phenoxy) is 1. The highest BCUT2D eigenvalue weighted by Gasteiger charge is 2.21. The Bertz CT molecular complexity index is 780. The third-order valence-corrected chi connectivity index (χ3v) is 5.22. The zero-order chi connectivity index (χ0) is 18.5. The molecule has 0 aromatic heterocycles. The van der Waals surface area contributed by atoms with Gasteiger partial charge in [0.25, 0.3) is 0 Å². The number of nitrogens with zero attached hydrogens (tertiary/aromatic N) is 1. The minimum Gasteiger partial charge on any atom is -0.497 e. The summed E-state index contributed by atoms with van der Waals surface area (Å²) >= 11 is 0. The van der Waals surface area contributed by atoms with E-state index in [4.69, 9.17) is 4.74 Å². The van der Waals surface area contributed by atoms with Crippen LogP contribution in [0.4, 0.5) is 11.4 Å². The van der Waals surface area contributed by atoms with Crippen molar-refractivity contribution in [2.45, 2.75) is 45.1 Å². The predicted octanol–water partition coefficient (Wildman–Crippen LogP) is 4.70. The summed E-state index contributed by atoms with van der Waals surface area (Å²) in [6, 6.07) is 16.6. The first kappa shape index (κ1) is 17.6. The van der Waals surface area contributed by atoms with Crippen molar-refractivity contribution in [3.8, 4) is 5.75 Å². The molecule has 1 aliphatic carbocycles. The van der Waals surface area contributed by atoms with Gasteiger partial charge in [0.05, 0.1) is 24.2 Å². The minimum atomic E-state index is 0.781. The summed E-state index contributed by atoms with van der Waals surface area (Å²) in [5, 5.41) is 5.56. The fraction of sp³-hybridized carbons (Fsp3) is 0.364. The van der Waals surface area contributed by atoms with Crippen LogP contribution in [-0.4, -0.2) is 7.11 Å². The summed E-state index contributed by atoms with van der Waals surface area (Å²) in [4.78, 5) is 0. The molecule has 5 nitrogen and oxygen atoms in total. The standard InChI is InChI=1S/C22H28N4O/c1-27-20-13-11-17(12-14-20)16-23-18-7-6-8-19(15-18)26-24-21-9-4-2-3-5-10-22(21)25-26/h6-8,11-15,23-25H,2-5,9-10,16H2,1H3. The van der Waals surface area contributed by atoms with Crippen molar-refractivity contribution >= 4 is 11.4 Å². The molecular weight excluding hydrogens is 336 g/mol. The monoisotopic (exact) mass is 364 g/mol. The molecule has 0 spiro atoms. The molecule has 2 aromatic rings. The Labute approximate surface area is 161 Å². The topological polar surface area (TPSA) is 48.6 Å². The summed E-state index contributed by atoms with van der Waals surface area (Å²) < 4.78 is 5.22. The average molecular weight is 364 g/mol. The quantitative estimate of drug-likeness (QED) is 0.718. The Morgan fingerprint density at radius 3 is 2.30 bits per heavy atom. The van der Waals surface area contributed by atoms with Gasteiger partial charge in [-0.25, -0.2) is 0 Å². The van der Waals surface area contributed by atoms with Gasteiger partial charge in [-0.15, -0.1) is 0 Å². The molecule has 5 heteroatoms. The number of rotatable bonds is 5. The SMILES string of the molecule is COc1ccc(CNc2cccc(N3NC4=C(CCCCCC4)N3)c2)cc1. The Kier molecular flexibility index (Phi) is 5.37. The van der Waals surface area contributed by atoms with Crippen molar-refractivity contribution in [1.82, 2.24) is 10.9 Å². The number of hydrogen-bond acceptors (Lipinski definition) is 5. The van der Waals surface area contributed by atoms with Gasteiger partial charge in [-0.05, 0) is 61.6 Å². The Hall–Kier alpha value is -2.82. The second-order valence-electron chi connectivity index (χ2n) is 7.18. The maximum atomic E-state index is 5.22. The summed E-state index contributed by atoms with van der Waals surface area (Å²) in [6.45, 7) is 0.781. The van der Waals surface area contributed by atoms with E-state index < -0.39 is 0 Å². The lowest BCUT2D eigenvalue weighted by atomic mass is 10.0. The van der Waals surface area contributed by atoms with Crippen molar-refractivity contribution < 1.29 is 4.74 Å². The van der Waals surface area contributed by atoms with Crippen LogP contribution in [0.2, 0.25) is 0 Å². The molecule has 1 heterocycles. The molecule has 1 aliphatic heterocycles. The van der Waals surface area contributed by atoms with E-state index in [1.165, 1.54) is 42.6 Å². The van der Waals surface area contributed by atoms with E-state index in [2.05, 4.69) is 57.7 Å². The Balaban J connectivity index is 1.39. The van der Waals surface area contributed by atoms with Crippen LogP contribution in [0.5, 0.6) is 5.75 Å². The largest absolute Gasteiger partial charge is 0.497 e. The fourth-order valence-corrected chi connectivity index (χ4v) is 3.64. The predicted molar refractivity (Wildman–Crippen MR) is 110 cm³/mol. The first-order valence-corrected chi connectivity index (χ1v) is 9.84. The van der Waals surface area contributed by atoms with E-state index in [0.717, 1.165) is 36.5 Å². The summed E-state index contributed by atoms with van der Waals surface area (Å²) in [7, 11) is 1.69. The third kappa shape index (κ3) is 4.30. The van der Waals surface area contributed by atoms with Gasteiger partial charge >= 0.3 is 0 Å². The highest BCUT2D eigenvalue weighted by atomic mass is 16.5. The molecule has 2 aliphatic rings. The minimum absolute atomic E-state index is 0.781. The van der Waals surface area contributed by atoms with Gasteiger partial charge in [0.15, 0.2) is 0 Å². The van der Waals surface area contributed by atoms with Gasteiger partial charge in [0.1, 0.15) is 5.75 Å². The highest BCUT2D eigenvalue weighted by Crippen LogP contribution is 2.27. The molecular formula is C22H28N4O. The van der Waals surface area contributed by atoms with Crippen LogP contribution < -0.4 is 26.0 Å². The lowest BCUT2D eigenvalue weighted by Gasteiger charge is -2.21. The molecule has 0 saturated carbocycles. The third-order valence-electron chi connectivity index (χ3n) is 5.22. The van der Waals surface area contributed by atoms with Crippen LogP contribution in [0.1, 0.15) is 44.1 Å². The second-order valence-corrected chi connectivity index (χ2v) is 7.18. The highest BCUT2D eigenvalue weighted by molar-refractivity contribution is 5.58. The first-order valence-electron chi connectivity index (χ1n) is 9.84. The van der Waals surface area contributed by atoms with Crippen molar-refractivity contribution in [2.75, 3.05) is 17.5 Å². The molecule has 0 atom stereocenters. The van der Waals surface area contributed by atoms with E-state index in [1.807, 2.05) is 12.1 Å². The second kappa shape index (κ2) is 8.25. The molecule has 0 amide bonds. The number of hydrazine groups is 2. The van der Waals surface area contributed by atoms with E-state index in [1.54, 1.807) is 7.11 Å². The van der Waals surface area contributed by atoms with Crippen molar-refractivity contribution in [3.63, 3.8) is 0 Å². The summed E-state index contributed by atoms with van der Waals surface area (Å²) in [6.07, 6.45) is 7.48. The lowest BCUT2D eigenvalue weighted by molar-refractivity contribution is 0.414.